The molecule has 0 aromatic heterocycles. The van der Waals surface area contributed by atoms with Gasteiger partial charge in [-0.2, -0.15) is 0 Å². The molecule has 0 aliphatic heterocycles. The maximum absolute atomic E-state index is 11.9. The zero-order chi connectivity index (χ0) is 74.4. The van der Waals surface area contributed by atoms with E-state index in [2.05, 4.69) is 67.8 Å². The van der Waals surface area contributed by atoms with Gasteiger partial charge in [0.25, 0.3) is 31.3 Å². The number of hydrogen-bond acceptors (Lipinski definition) is 24. The molecule has 0 radical (unpaired) electrons. The van der Waals surface area contributed by atoms with Crippen molar-refractivity contribution >= 4 is 62.6 Å². The Morgan fingerprint density at radius 2 is 0.392 bits per heavy atom. The van der Waals surface area contributed by atoms with Crippen LogP contribution in [-0.4, -0.2) is 72.4 Å². The maximum Gasteiger partial charge on any atom is 4.00 e. The summed E-state index contributed by atoms with van der Waals surface area (Å²) in [5.74, 6) is 0.573. The molecule has 0 aliphatic carbocycles. The molecule has 0 aromatic rings. The molecule has 0 aromatic carbocycles. The predicted molar refractivity (Wildman–Crippen MR) is 370 cm³/mol. The molecule has 0 saturated carbocycles. The Hall–Kier alpha value is 1.75. The van der Waals surface area contributed by atoms with Gasteiger partial charge in [0, 0.05) is 0 Å². The minimum Gasteiger partial charge on any atom is -0.756 e. The van der Waals surface area contributed by atoms with Crippen LogP contribution in [0.1, 0.15) is 296 Å². The average molecular weight is 1600 g/mol. The number of phosphoric acid groups is 8. The fraction of sp³-hybridized carbons (Fsp3) is 1.00. The van der Waals surface area contributed by atoms with Crippen molar-refractivity contribution in [1.29, 1.82) is 0 Å². The molecule has 0 amide bonds. The van der Waals surface area contributed by atoms with Gasteiger partial charge in [-0.3, -0.25) is 36.4 Å². The van der Waals surface area contributed by atoms with Crippen molar-refractivity contribution in [3.8, 4) is 0 Å². The van der Waals surface area contributed by atoms with Gasteiger partial charge < -0.3 is 57.2 Å². The first-order valence-electron chi connectivity index (χ1n) is 35.4. The molecular weight excluding hydrogens is 1460 g/mol. The van der Waals surface area contributed by atoms with E-state index in [1.807, 2.05) is 62.3 Å². The summed E-state index contributed by atoms with van der Waals surface area (Å²) in [4.78, 5) is 85.2. The molecule has 97 heavy (non-hydrogen) atoms. The third-order valence-electron chi connectivity index (χ3n) is 15.7. The predicted octanol–water partition coefficient (Wildman–Crippen LogP) is 18.7. The van der Waals surface area contributed by atoms with Crippen molar-refractivity contribution in [1.82, 2.24) is 0 Å². The Morgan fingerprint density at radius 3 is 0.536 bits per heavy atom. The summed E-state index contributed by atoms with van der Waals surface area (Å²) in [6, 6.07) is 0. The normalized spacial score (nSPS) is 18.9. The van der Waals surface area contributed by atoms with Crippen LogP contribution in [0.15, 0.2) is 0 Å². The molecule has 28 nitrogen and oxygen atoms in total. The Morgan fingerprint density at radius 1 is 0.247 bits per heavy atom. The molecule has 0 saturated heterocycles. The molecule has 15 unspecified atom stereocenters. The van der Waals surface area contributed by atoms with Crippen molar-refractivity contribution < 1.29 is 151 Å². The van der Waals surface area contributed by atoms with Gasteiger partial charge in [0.05, 0.1) is 52.9 Å². The molecule has 37 heteroatoms. The van der Waals surface area contributed by atoms with Gasteiger partial charge in [-0.1, -0.05) is 245 Å². The van der Waals surface area contributed by atoms with E-state index in [1.165, 1.54) is 0 Å². The van der Waals surface area contributed by atoms with Gasteiger partial charge >= 0.3 is 53.0 Å². The molecule has 0 spiro atoms. The molecule has 0 bridgehead atoms. The number of hydrogen-bond donors (Lipinski definition) is 4. The fourth-order valence-electron chi connectivity index (χ4n) is 8.69. The Kier molecular flexibility index (Phi) is 69.5. The number of phosphoric ester groups is 8. The topological polar surface area (TPSA) is 420 Å². The second-order valence-electron chi connectivity index (χ2n) is 24.2. The van der Waals surface area contributed by atoms with E-state index >= 15 is 0 Å². The van der Waals surface area contributed by atoms with E-state index < -0.39 is 62.6 Å². The van der Waals surface area contributed by atoms with Crippen LogP contribution in [0, 0.1) is 41.4 Å². The molecule has 0 rings (SSSR count). The van der Waals surface area contributed by atoms with Gasteiger partial charge in [0.15, 0.2) is 0 Å². The van der Waals surface area contributed by atoms with Crippen LogP contribution in [0.3, 0.4) is 0 Å². The summed E-state index contributed by atoms with van der Waals surface area (Å²) >= 11 is 0. The maximum atomic E-state index is 11.9. The summed E-state index contributed by atoms with van der Waals surface area (Å²) in [7, 11) is -38.3. The first-order chi connectivity index (χ1) is 44.8. The zero-order valence-corrected chi connectivity index (χ0v) is 70.3. The van der Waals surface area contributed by atoms with Gasteiger partial charge in [0.2, 0.25) is 0 Å². The summed E-state index contributed by atoms with van der Waals surface area (Å²) in [6.07, 6.45) is 26.6. The summed E-state index contributed by atoms with van der Waals surface area (Å²) < 4.78 is 149. The van der Waals surface area contributed by atoms with E-state index in [0.717, 1.165) is 186 Å². The van der Waals surface area contributed by atoms with Crippen LogP contribution in [0.25, 0.3) is 0 Å². The van der Waals surface area contributed by atoms with E-state index in [1.54, 1.807) is 0 Å². The van der Waals surface area contributed by atoms with Crippen LogP contribution >= 0.6 is 62.6 Å². The van der Waals surface area contributed by atoms with Crippen molar-refractivity contribution in [2.45, 2.75) is 296 Å². The van der Waals surface area contributed by atoms with Crippen LogP contribution in [0.2, 0.25) is 0 Å². The van der Waals surface area contributed by atoms with E-state index in [4.69, 9.17) is 27.1 Å². The summed E-state index contributed by atoms with van der Waals surface area (Å²) in [5, 5.41) is 0. The summed E-state index contributed by atoms with van der Waals surface area (Å²) in [5.41, 5.74) is 0. The van der Waals surface area contributed by atoms with Crippen LogP contribution in [0.4, 0.5) is 0 Å². The molecule has 584 valence electrons. The summed E-state index contributed by atoms with van der Waals surface area (Å²) in [6.45, 7) is 29.6. The largest absolute Gasteiger partial charge is 4.00 e. The quantitative estimate of drug-likeness (QED) is 0.0250. The molecule has 4 N–H and O–H groups in total. The third-order valence-corrected chi connectivity index (χ3v) is 26.0. The fourth-order valence-corrected chi connectivity index (χ4v) is 17.4. The second kappa shape index (κ2) is 62.8. The van der Waals surface area contributed by atoms with Crippen molar-refractivity contribution in [2.24, 2.45) is 41.4 Å². The smallest absolute Gasteiger partial charge is 0.756 e. The van der Waals surface area contributed by atoms with Crippen molar-refractivity contribution in [3.63, 3.8) is 0 Å². The second-order valence-corrected chi connectivity index (χ2v) is 36.2. The molecule has 15 atom stereocenters. The monoisotopic (exact) mass is 1600 g/mol. The third kappa shape index (κ3) is 66.9. The van der Waals surface area contributed by atoms with Gasteiger partial charge in [-0.25, -0.2) is 35.5 Å². The SMILES string of the molecule is CCCCC(CC)COP(=O)([O-])OP(=O)(O)OCC(CC)CCCC.CCCCC(CC)COP(=O)([O-])OP(=O)(O)OCC(CC)CCCC.CCCCC(CC)COP(=O)([O-])OP(=O)(O)OCC(CC)CCCC.CCCCOP(=O)(O)OP(=O)([O-])OCC(CC)CCCC.[Ti+4]. The first kappa shape index (κ1) is 107. The van der Waals surface area contributed by atoms with E-state index in [-0.39, 0.29) is 116 Å². The van der Waals surface area contributed by atoms with E-state index in [0.29, 0.717) is 6.42 Å². The Labute approximate surface area is 600 Å². The van der Waals surface area contributed by atoms with Gasteiger partial charge in [-0.15, -0.1) is 0 Å². The van der Waals surface area contributed by atoms with Crippen molar-refractivity contribution in [2.75, 3.05) is 52.9 Å². The van der Waals surface area contributed by atoms with Crippen LogP contribution < -0.4 is 19.6 Å². The minimum atomic E-state index is -4.89. The minimum absolute atomic E-state index is 0. The van der Waals surface area contributed by atoms with Crippen LogP contribution in [-0.2, 0) is 112 Å². The molecular formula is C60H132O28P8Ti. The number of unbranched alkanes of at least 4 members (excludes halogenated alkanes) is 8. The van der Waals surface area contributed by atoms with Crippen LogP contribution in [0.5, 0.6) is 0 Å². The zero-order valence-electron chi connectivity index (χ0n) is 61.6. The first-order valence-corrected chi connectivity index (χ1v) is 47.2. The van der Waals surface area contributed by atoms with Gasteiger partial charge in [0.1, 0.15) is 0 Å². The molecule has 0 fully saturated rings. The van der Waals surface area contributed by atoms with E-state index in [9.17, 15) is 75.7 Å². The van der Waals surface area contributed by atoms with Gasteiger partial charge in [-0.05, 0) is 92.8 Å². The molecule has 0 aliphatic rings. The number of rotatable bonds is 61. The molecule has 0 heterocycles. The standard InChI is InChI=1S/3C16H36O7P2.C12H28O7P2.Ti/c3*1-5-9-11-15(7-3)13-21-24(17,18)23-25(19,20)22-14-16(8-4)12-10-6-2;1-4-7-9-12(6-3)11-18-21(15,16)19-20(13,14)17-10-8-5-2;/h3*15-16H,5-14H2,1-4H3,(H,17,18)(H,19,20);12H,4-11H2,1-3H3,(H,13,14)(H,15,16);/q;;;;+4/p-4. The van der Waals surface area contributed by atoms with Crippen molar-refractivity contribution in [3.05, 3.63) is 0 Å². The Balaban J connectivity index is -0.000000387. The Bertz CT molecular complexity index is 1970. The average Bonchev–Trinajstić information content (AvgIpc) is 0.937.